The molecule has 0 aliphatic carbocycles. The molecule has 1 heterocycles. The van der Waals surface area contributed by atoms with E-state index < -0.39 is 0 Å². The predicted octanol–water partition coefficient (Wildman–Crippen LogP) is 4.27. The predicted molar refractivity (Wildman–Crippen MR) is 116 cm³/mol. The van der Waals surface area contributed by atoms with Gasteiger partial charge in [0.05, 0.1) is 0 Å². The summed E-state index contributed by atoms with van der Waals surface area (Å²) in [6.45, 7) is 7.91. The molecule has 1 aliphatic heterocycles. The molecule has 28 heavy (non-hydrogen) atoms. The van der Waals surface area contributed by atoms with Crippen LogP contribution in [0.3, 0.4) is 0 Å². The van der Waals surface area contributed by atoms with Crippen LogP contribution in [0.4, 0.5) is 4.79 Å². The summed E-state index contributed by atoms with van der Waals surface area (Å²) in [6, 6.07) is 18.1. The zero-order valence-electron chi connectivity index (χ0n) is 17.3. The third-order valence-electron chi connectivity index (χ3n) is 5.59. The fourth-order valence-electron chi connectivity index (χ4n) is 3.95. The minimum Gasteiger partial charge on any atom is -0.338 e. The Labute approximate surface area is 169 Å². The molecule has 0 spiro atoms. The van der Waals surface area contributed by atoms with Crippen LogP contribution < -0.4 is 16.0 Å². The number of carbonyl (C=O) groups excluding carboxylic acids is 1. The quantitative estimate of drug-likeness (QED) is 0.630. The summed E-state index contributed by atoms with van der Waals surface area (Å²) in [5.74, 6) is 0.274. The van der Waals surface area contributed by atoms with Crippen molar-refractivity contribution in [1.82, 2.24) is 16.0 Å². The number of carbonyl (C=O) groups is 1. The molecule has 2 atom stereocenters. The van der Waals surface area contributed by atoms with E-state index in [1.54, 1.807) is 0 Å². The molecule has 3 rings (SSSR count). The number of amides is 2. The van der Waals surface area contributed by atoms with E-state index in [4.69, 9.17) is 0 Å². The van der Waals surface area contributed by atoms with Crippen LogP contribution in [0.25, 0.3) is 0 Å². The highest BCUT2D eigenvalue weighted by Crippen LogP contribution is 2.32. The topological polar surface area (TPSA) is 53.2 Å². The number of rotatable bonds is 7. The number of unbranched alkanes of at least 4 members (excludes halogenated alkanes) is 1. The van der Waals surface area contributed by atoms with Gasteiger partial charge in [-0.1, -0.05) is 73.0 Å². The molecule has 4 nitrogen and oxygen atoms in total. The first-order valence-electron chi connectivity index (χ1n) is 10.5. The second-order valence-corrected chi connectivity index (χ2v) is 8.00. The Bertz CT molecular complexity index is 709. The normalized spacial score (nSPS) is 19.0. The van der Waals surface area contributed by atoms with Gasteiger partial charge in [0.25, 0.3) is 0 Å². The van der Waals surface area contributed by atoms with E-state index in [0.717, 1.165) is 32.4 Å². The van der Waals surface area contributed by atoms with E-state index in [0.29, 0.717) is 6.04 Å². The van der Waals surface area contributed by atoms with Gasteiger partial charge in [-0.2, -0.15) is 0 Å². The third kappa shape index (κ3) is 5.35. The summed E-state index contributed by atoms with van der Waals surface area (Å²) < 4.78 is 0. The maximum absolute atomic E-state index is 12.1. The summed E-state index contributed by atoms with van der Waals surface area (Å²) in [6.07, 6.45) is 3.03. The largest absolute Gasteiger partial charge is 0.338 e. The van der Waals surface area contributed by atoms with Gasteiger partial charge in [-0.3, -0.25) is 0 Å². The molecule has 3 N–H and O–H groups in total. The first kappa shape index (κ1) is 20.4. The monoisotopic (exact) mass is 379 g/mol. The van der Waals surface area contributed by atoms with Gasteiger partial charge in [0, 0.05) is 31.1 Å². The Morgan fingerprint density at radius 2 is 1.61 bits per heavy atom. The number of aryl methyl sites for hydroxylation is 2. The van der Waals surface area contributed by atoms with Crippen LogP contribution in [0.2, 0.25) is 0 Å². The first-order chi connectivity index (χ1) is 13.6. The van der Waals surface area contributed by atoms with Gasteiger partial charge in [0.1, 0.15) is 0 Å². The molecule has 2 aromatic carbocycles. The van der Waals surface area contributed by atoms with Crippen molar-refractivity contribution in [3.63, 3.8) is 0 Å². The van der Waals surface area contributed by atoms with E-state index in [2.05, 4.69) is 85.3 Å². The SMILES string of the molecule is CCCCNC(=O)N[C@H]1CNC(C(c2ccc(C)cc2)c2ccc(C)cc2)C1. The van der Waals surface area contributed by atoms with Crippen LogP contribution in [0, 0.1) is 13.8 Å². The Kier molecular flexibility index (Phi) is 7.10. The average Bonchev–Trinajstić information content (AvgIpc) is 3.13. The molecule has 1 unspecified atom stereocenters. The highest BCUT2D eigenvalue weighted by molar-refractivity contribution is 5.74. The molecular weight excluding hydrogens is 346 g/mol. The van der Waals surface area contributed by atoms with Crippen molar-refractivity contribution in [2.75, 3.05) is 13.1 Å². The van der Waals surface area contributed by atoms with Crippen LogP contribution in [-0.4, -0.2) is 31.2 Å². The van der Waals surface area contributed by atoms with E-state index in [1.807, 2.05) is 0 Å². The fraction of sp³-hybridized carbons (Fsp3) is 0.458. The molecule has 1 saturated heterocycles. The maximum Gasteiger partial charge on any atom is 0.315 e. The summed E-state index contributed by atoms with van der Waals surface area (Å²) >= 11 is 0. The molecule has 4 heteroatoms. The van der Waals surface area contributed by atoms with Gasteiger partial charge < -0.3 is 16.0 Å². The average molecular weight is 380 g/mol. The second-order valence-electron chi connectivity index (χ2n) is 8.00. The lowest BCUT2D eigenvalue weighted by molar-refractivity contribution is 0.237. The Balaban J connectivity index is 1.71. The summed E-state index contributed by atoms with van der Waals surface area (Å²) in [4.78, 5) is 12.1. The standard InChI is InChI=1S/C24H33N3O/c1-4-5-14-25-24(28)27-21-15-22(26-16-21)23(19-10-6-17(2)7-11-19)20-12-8-18(3)9-13-20/h6-13,21-23,26H,4-5,14-16H2,1-3H3,(H2,25,27,28)/t21-,22?/m1/s1. The molecular formula is C24H33N3O. The van der Waals surface area contributed by atoms with Crippen molar-refractivity contribution in [1.29, 1.82) is 0 Å². The van der Waals surface area contributed by atoms with Crippen LogP contribution in [-0.2, 0) is 0 Å². The van der Waals surface area contributed by atoms with Crippen LogP contribution in [0.15, 0.2) is 48.5 Å². The smallest absolute Gasteiger partial charge is 0.315 e. The minimum atomic E-state index is -0.0527. The molecule has 0 saturated carbocycles. The molecule has 0 aromatic heterocycles. The number of urea groups is 1. The van der Waals surface area contributed by atoms with Gasteiger partial charge in [-0.15, -0.1) is 0 Å². The minimum absolute atomic E-state index is 0.0527. The highest BCUT2D eigenvalue weighted by Gasteiger charge is 2.33. The van der Waals surface area contributed by atoms with Crippen LogP contribution in [0.1, 0.15) is 54.4 Å². The molecule has 1 aliphatic rings. The van der Waals surface area contributed by atoms with Crippen LogP contribution in [0.5, 0.6) is 0 Å². The van der Waals surface area contributed by atoms with E-state index >= 15 is 0 Å². The molecule has 150 valence electrons. The third-order valence-corrected chi connectivity index (χ3v) is 5.59. The summed E-state index contributed by atoms with van der Waals surface area (Å²) in [5, 5.41) is 9.75. The Morgan fingerprint density at radius 3 is 2.14 bits per heavy atom. The Hall–Kier alpha value is -2.33. The number of hydrogen-bond donors (Lipinski definition) is 3. The van der Waals surface area contributed by atoms with E-state index in [1.165, 1.54) is 22.3 Å². The van der Waals surface area contributed by atoms with E-state index in [-0.39, 0.29) is 18.0 Å². The highest BCUT2D eigenvalue weighted by atomic mass is 16.2. The first-order valence-corrected chi connectivity index (χ1v) is 10.5. The van der Waals surface area contributed by atoms with Gasteiger partial charge in [-0.05, 0) is 37.8 Å². The molecule has 2 aromatic rings. The van der Waals surface area contributed by atoms with Crippen molar-refractivity contribution < 1.29 is 4.79 Å². The van der Waals surface area contributed by atoms with Crippen molar-refractivity contribution in [3.05, 3.63) is 70.8 Å². The lowest BCUT2D eigenvalue weighted by atomic mass is 9.83. The second kappa shape index (κ2) is 9.74. The van der Waals surface area contributed by atoms with Gasteiger partial charge in [-0.25, -0.2) is 4.79 Å². The summed E-state index contributed by atoms with van der Waals surface area (Å²) in [7, 11) is 0. The molecule has 0 radical (unpaired) electrons. The van der Waals surface area contributed by atoms with Gasteiger partial charge in [0.2, 0.25) is 0 Å². The number of nitrogens with one attached hydrogen (secondary N) is 3. The lowest BCUT2D eigenvalue weighted by Crippen LogP contribution is -2.43. The van der Waals surface area contributed by atoms with Crippen molar-refractivity contribution in [2.45, 2.75) is 58.0 Å². The van der Waals surface area contributed by atoms with Crippen molar-refractivity contribution >= 4 is 6.03 Å². The molecule has 2 amide bonds. The van der Waals surface area contributed by atoms with Gasteiger partial charge >= 0.3 is 6.03 Å². The van der Waals surface area contributed by atoms with Crippen molar-refractivity contribution in [3.8, 4) is 0 Å². The Morgan fingerprint density at radius 1 is 1.04 bits per heavy atom. The molecule has 1 fully saturated rings. The van der Waals surface area contributed by atoms with Crippen molar-refractivity contribution in [2.24, 2.45) is 0 Å². The van der Waals surface area contributed by atoms with Gasteiger partial charge in [0.15, 0.2) is 0 Å². The zero-order chi connectivity index (χ0) is 19.9. The number of benzene rings is 2. The van der Waals surface area contributed by atoms with Crippen LogP contribution >= 0.6 is 0 Å². The zero-order valence-corrected chi connectivity index (χ0v) is 17.3. The number of hydrogen-bond acceptors (Lipinski definition) is 2. The fourth-order valence-corrected chi connectivity index (χ4v) is 3.95. The summed E-state index contributed by atoms with van der Waals surface area (Å²) in [5.41, 5.74) is 5.18. The maximum atomic E-state index is 12.1. The lowest BCUT2D eigenvalue weighted by Gasteiger charge is -2.25. The van der Waals surface area contributed by atoms with E-state index in [9.17, 15) is 4.79 Å². The molecule has 0 bridgehead atoms.